The molecule has 3 aliphatic rings. The number of hydrogen-bond acceptors (Lipinski definition) is 5. The number of nitrogens with zero attached hydrogens (tertiary/aromatic N) is 4. The summed E-state index contributed by atoms with van der Waals surface area (Å²) < 4.78 is 15.8. The summed E-state index contributed by atoms with van der Waals surface area (Å²) in [5.74, 6) is 3.60. The van der Waals surface area contributed by atoms with E-state index in [0.29, 0.717) is 11.7 Å². The van der Waals surface area contributed by atoms with Crippen molar-refractivity contribution in [1.29, 1.82) is 0 Å². The molecule has 9 aromatic rings. The summed E-state index contributed by atoms with van der Waals surface area (Å²) >= 11 is 0. The summed E-state index contributed by atoms with van der Waals surface area (Å²) in [7, 11) is 0. The molecule has 6 heteroatoms. The van der Waals surface area contributed by atoms with Gasteiger partial charge in [-0.1, -0.05) is 111 Å². The van der Waals surface area contributed by atoms with Crippen molar-refractivity contribution in [2.75, 3.05) is 4.90 Å². The smallest absolute Gasteiger partial charge is 0.235 e. The maximum atomic E-state index is 6.95. The number of fused-ring (bicyclic) bond motifs is 12. The van der Waals surface area contributed by atoms with Crippen LogP contribution in [0, 0.1) is 0 Å². The molecule has 250 valence electrons. The van der Waals surface area contributed by atoms with Crippen LogP contribution in [0.25, 0.3) is 61.0 Å². The Hall–Kier alpha value is -6.92. The van der Waals surface area contributed by atoms with E-state index >= 15 is 0 Å². The van der Waals surface area contributed by atoms with E-state index in [1.54, 1.807) is 0 Å². The van der Waals surface area contributed by atoms with Gasteiger partial charge < -0.3 is 9.47 Å². The Morgan fingerprint density at radius 2 is 1.23 bits per heavy atom. The van der Waals surface area contributed by atoms with Gasteiger partial charge >= 0.3 is 0 Å². The number of aromatic nitrogens is 3. The third kappa shape index (κ3) is 3.76. The highest BCUT2D eigenvalue weighted by Crippen LogP contribution is 2.62. The predicted molar refractivity (Wildman–Crippen MR) is 212 cm³/mol. The number of anilines is 3. The molecule has 0 N–H and O–H groups in total. The van der Waals surface area contributed by atoms with Crippen LogP contribution < -0.4 is 14.4 Å². The van der Waals surface area contributed by atoms with Gasteiger partial charge in [0.05, 0.1) is 28.1 Å². The van der Waals surface area contributed by atoms with E-state index in [0.717, 1.165) is 78.3 Å². The number of ether oxygens (including phenoxy) is 2. The van der Waals surface area contributed by atoms with Gasteiger partial charge in [0.1, 0.15) is 11.2 Å². The Balaban J connectivity index is 1.15. The normalized spacial score (nSPS) is 14.3. The van der Waals surface area contributed by atoms with E-state index in [2.05, 4.69) is 126 Å². The van der Waals surface area contributed by atoms with Crippen LogP contribution in [0.15, 0.2) is 146 Å². The number of benzene rings is 7. The monoisotopic (exact) mass is 682 g/mol. The second-order valence-electron chi connectivity index (χ2n) is 14.6. The fourth-order valence-corrected chi connectivity index (χ4v) is 8.94. The molecule has 0 amide bonds. The van der Waals surface area contributed by atoms with Crippen LogP contribution in [0.1, 0.15) is 25.0 Å². The molecule has 0 radical (unpaired) electrons. The summed E-state index contributed by atoms with van der Waals surface area (Å²) in [6, 6.07) is 50.8. The highest BCUT2D eigenvalue weighted by molar-refractivity contribution is 6.15. The van der Waals surface area contributed by atoms with Gasteiger partial charge in [-0.3, -0.25) is 9.47 Å². The molecule has 1 aliphatic carbocycles. The van der Waals surface area contributed by atoms with Crippen LogP contribution in [0.5, 0.6) is 23.0 Å². The Kier molecular flexibility index (Phi) is 5.48. The van der Waals surface area contributed by atoms with Crippen LogP contribution in [-0.4, -0.2) is 14.5 Å². The summed E-state index contributed by atoms with van der Waals surface area (Å²) in [5, 5.41) is 3.07. The number of hydrogen-bond donors (Lipinski definition) is 0. The van der Waals surface area contributed by atoms with E-state index < -0.39 is 0 Å². The van der Waals surface area contributed by atoms with Gasteiger partial charge in [-0.2, -0.15) is 0 Å². The first kappa shape index (κ1) is 28.7. The first-order valence-corrected chi connectivity index (χ1v) is 18.0. The minimum atomic E-state index is -0.137. The Bertz CT molecular complexity index is 3060. The fourth-order valence-electron chi connectivity index (χ4n) is 8.94. The molecular weight excluding hydrogens is 653 g/mol. The topological polar surface area (TPSA) is 52.4 Å². The molecule has 0 unspecified atom stereocenters. The maximum absolute atomic E-state index is 6.95. The predicted octanol–water partition coefficient (Wildman–Crippen LogP) is 12.4. The van der Waals surface area contributed by atoms with Crippen LogP contribution >= 0.6 is 0 Å². The molecule has 53 heavy (non-hydrogen) atoms. The van der Waals surface area contributed by atoms with Crippen molar-refractivity contribution in [3.63, 3.8) is 0 Å². The summed E-state index contributed by atoms with van der Waals surface area (Å²) in [6.07, 6.45) is 0. The van der Waals surface area contributed by atoms with Crippen molar-refractivity contribution in [2.24, 2.45) is 0 Å². The molecule has 2 aromatic heterocycles. The van der Waals surface area contributed by atoms with Crippen LogP contribution in [0.4, 0.5) is 17.1 Å². The zero-order chi connectivity index (χ0) is 35.0. The van der Waals surface area contributed by atoms with Crippen molar-refractivity contribution in [2.45, 2.75) is 19.3 Å². The highest BCUT2D eigenvalue weighted by Gasteiger charge is 2.38. The molecule has 0 bridgehead atoms. The second kappa shape index (κ2) is 10.1. The van der Waals surface area contributed by atoms with Crippen LogP contribution in [-0.2, 0) is 5.41 Å². The Morgan fingerprint density at radius 1 is 0.547 bits per heavy atom. The molecule has 0 spiro atoms. The van der Waals surface area contributed by atoms with Crippen molar-refractivity contribution in [3.05, 3.63) is 157 Å². The van der Waals surface area contributed by atoms with Gasteiger partial charge in [0.2, 0.25) is 5.95 Å². The average molecular weight is 683 g/mol. The summed E-state index contributed by atoms with van der Waals surface area (Å²) in [6.45, 7) is 4.64. The highest BCUT2D eigenvalue weighted by atomic mass is 16.5. The zero-order valence-corrected chi connectivity index (χ0v) is 29.0. The van der Waals surface area contributed by atoms with E-state index in [-0.39, 0.29) is 5.41 Å². The lowest BCUT2D eigenvalue weighted by Crippen LogP contribution is -2.20. The van der Waals surface area contributed by atoms with E-state index in [1.165, 1.54) is 22.3 Å². The van der Waals surface area contributed by atoms with Crippen molar-refractivity contribution >= 4 is 49.8 Å². The summed E-state index contributed by atoms with van der Waals surface area (Å²) in [5.41, 5.74) is 12.6. The minimum absolute atomic E-state index is 0.137. The third-order valence-corrected chi connectivity index (χ3v) is 11.4. The van der Waals surface area contributed by atoms with Gasteiger partial charge in [-0.15, -0.1) is 0 Å². The number of rotatable bonds is 2. The molecule has 4 heterocycles. The average Bonchev–Trinajstić information content (AvgIpc) is 3.65. The molecule has 12 rings (SSSR count). The molecule has 2 aliphatic heterocycles. The molecular formula is C47H30N4O2. The Morgan fingerprint density at radius 3 is 2.08 bits per heavy atom. The Labute approximate surface area is 305 Å². The summed E-state index contributed by atoms with van der Waals surface area (Å²) in [4.78, 5) is 13.1. The van der Waals surface area contributed by atoms with Crippen molar-refractivity contribution < 1.29 is 9.47 Å². The first-order chi connectivity index (χ1) is 26.0. The van der Waals surface area contributed by atoms with Crippen LogP contribution in [0.3, 0.4) is 0 Å². The van der Waals surface area contributed by atoms with E-state index in [4.69, 9.17) is 19.4 Å². The lowest BCUT2D eigenvalue weighted by atomic mass is 9.82. The SMILES string of the molecule is CC1(C)c2ccccc2-c2ccc(-c3nc(-n4c5ccccc5c5cc6c7c(c54)Oc4ccccc4N7c4ccccc4O6)nc4ccccc34)cc21. The molecule has 0 fully saturated rings. The van der Waals surface area contributed by atoms with Crippen molar-refractivity contribution in [3.8, 4) is 51.3 Å². The fraction of sp³-hybridized carbons (Fsp3) is 0.0638. The minimum Gasteiger partial charge on any atom is -0.453 e. The largest absolute Gasteiger partial charge is 0.453 e. The molecule has 0 saturated carbocycles. The molecule has 7 aromatic carbocycles. The maximum Gasteiger partial charge on any atom is 0.235 e. The molecule has 0 atom stereocenters. The van der Waals surface area contributed by atoms with Gasteiger partial charge in [0, 0.05) is 27.1 Å². The van der Waals surface area contributed by atoms with Gasteiger partial charge in [0.15, 0.2) is 23.0 Å². The lowest BCUT2D eigenvalue weighted by molar-refractivity contribution is 0.449. The van der Waals surface area contributed by atoms with Gasteiger partial charge in [0.25, 0.3) is 0 Å². The quantitative estimate of drug-likeness (QED) is 0.182. The lowest BCUT2D eigenvalue weighted by Gasteiger charge is -2.38. The van der Waals surface area contributed by atoms with Gasteiger partial charge in [-0.25, -0.2) is 9.97 Å². The van der Waals surface area contributed by atoms with Gasteiger partial charge in [-0.05, 0) is 70.8 Å². The molecule has 6 nitrogen and oxygen atoms in total. The third-order valence-electron chi connectivity index (χ3n) is 11.4. The van der Waals surface area contributed by atoms with E-state index in [1.807, 2.05) is 42.5 Å². The first-order valence-electron chi connectivity index (χ1n) is 18.0. The number of para-hydroxylation sites is 6. The van der Waals surface area contributed by atoms with Crippen molar-refractivity contribution in [1.82, 2.24) is 14.5 Å². The molecule has 0 saturated heterocycles. The van der Waals surface area contributed by atoms with E-state index in [9.17, 15) is 0 Å². The standard InChI is InChI=1S/C47H30N4O2/c1-47(2)33-16-6-3-13-28(33)29-24-23-27(25-34(29)47)42-31-15-4-7-17-35(31)48-46(49-42)51-36-18-8-5-14-30(36)32-26-41-44-45(43(32)51)53-40-22-12-10-20-38(40)50(44)37-19-9-11-21-39(37)52-41/h3-26H,1-2H3. The van der Waals surface area contributed by atoms with Crippen LogP contribution in [0.2, 0.25) is 0 Å². The second-order valence-corrected chi connectivity index (χ2v) is 14.6. The zero-order valence-electron chi connectivity index (χ0n) is 29.0.